The maximum atomic E-state index is 3.59. The minimum atomic E-state index is 0. The Kier molecular flexibility index (Phi) is 5.93. The van der Waals surface area contributed by atoms with Crippen LogP contribution in [0, 0.1) is 11.8 Å². The second-order valence-corrected chi connectivity index (χ2v) is 4.52. The summed E-state index contributed by atoms with van der Waals surface area (Å²) in [4.78, 5) is 0. The minimum absolute atomic E-state index is 0. The van der Waals surface area contributed by atoms with Gasteiger partial charge in [0, 0.05) is 25.2 Å². The normalized spacial score (nSPS) is 29.1. The molecule has 1 fully saturated rings. The Labute approximate surface area is 88.3 Å². The third-order valence-corrected chi connectivity index (χ3v) is 2.81. The summed E-state index contributed by atoms with van der Waals surface area (Å²) in [6.45, 7) is 11.3. The predicted octanol–water partition coefficient (Wildman–Crippen LogP) is 1.65. The first-order valence-corrected chi connectivity index (χ1v) is 5.08. The average molecular weight is 207 g/mol. The highest BCUT2D eigenvalue weighted by Gasteiger charge is 2.23. The molecule has 2 N–H and O–H groups in total. The van der Waals surface area contributed by atoms with Crippen LogP contribution in [0.25, 0.3) is 0 Å². The molecule has 0 bridgehead atoms. The molecule has 2 atom stereocenters. The monoisotopic (exact) mass is 206 g/mol. The first kappa shape index (κ1) is 13.2. The fraction of sp³-hybridized carbons (Fsp3) is 1.00. The molecule has 2 nitrogen and oxygen atoms in total. The quantitative estimate of drug-likeness (QED) is 0.718. The highest BCUT2D eigenvalue weighted by Crippen LogP contribution is 2.08. The van der Waals surface area contributed by atoms with Gasteiger partial charge in [-0.1, -0.05) is 27.7 Å². The molecule has 0 aromatic carbocycles. The summed E-state index contributed by atoms with van der Waals surface area (Å²) in [6.07, 6.45) is 0. The molecule has 1 heterocycles. The van der Waals surface area contributed by atoms with E-state index >= 15 is 0 Å². The maximum Gasteiger partial charge on any atom is 0.0216 e. The Hall–Kier alpha value is 0.210. The van der Waals surface area contributed by atoms with Crippen molar-refractivity contribution in [1.82, 2.24) is 10.6 Å². The third kappa shape index (κ3) is 3.84. The first-order valence-electron chi connectivity index (χ1n) is 5.08. The van der Waals surface area contributed by atoms with Gasteiger partial charge in [-0.15, -0.1) is 12.4 Å². The molecule has 1 aliphatic heterocycles. The zero-order valence-corrected chi connectivity index (χ0v) is 9.95. The van der Waals surface area contributed by atoms with Gasteiger partial charge in [-0.25, -0.2) is 0 Å². The van der Waals surface area contributed by atoms with Crippen molar-refractivity contribution in [2.45, 2.75) is 39.8 Å². The van der Waals surface area contributed by atoms with Crippen molar-refractivity contribution in [3.05, 3.63) is 0 Å². The molecule has 0 radical (unpaired) electrons. The molecular formula is C10H23ClN2. The van der Waals surface area contributed by atoms with Crippen LogP contribution in [-0.4, -0.2) is 25.2 Å². The molecular weight excluding hydrogens is 184 g/mol. The summed E-state index contributed by atoms with van der Waals surface area (Å²) in [5, 5.41) is 7.17. The summed E-state index contributed by atoms with van der Waals surface area (Å²) in [7, 11) is 0. The molecule has 13 heavy (non-hydrogen) atoms. The SMILES string of the molecule is CC(C)[C@H]1CN[C@@H](C(C)C)CN1.Cl. The highest BCUT2D eigenvalue weighted by atomic mass is 35.5. The van der Waals surface area contributed by atoms with Crippen molar-refractivity contribution >= 4 is 12.4 Å². The van der Waals surface area contributed by atoms with Gasteiger partial charge in [0.05, 0.1) is 0 Å². The lowest BCUT2D eigenvalue weighted by atomic mass is 9.97. The fourth-order valence-electron chi connectivity index (χ4n) is 1.64. The summed E-state index contributed by atoms with van der Waals surface area (Å²) >= 11 is 0. The summed E-state index contributed by atoms with van der Waals surface area (Å²) in [6, 6.07) is 1.33. The van der Waals surface area contributed by atoms with Gasteiger partial charge in [0.2, 0.25) is 0 Å². The topological polar surface area (TPSA) is 24.1 Å². The van der Waals surface area contributed by atoms with E-state index in [2.05, 4.69) is 38.3 Å². The summed E-state index contributed by atoms with van der Waals surface area (Å²) in [5.41, 5.74) is 0. The van der Waals surface area contributed by atoms with E-state index in [1.54, 1.807) is 0 Å². The lowest BCUT2D eigenvalue weighted by molar-refractivity contribution is 0.259. The van der Waals surface area contributed by atoms with Crippen molar-refractivity contribution in [1.29, 1.82) is 0 Å². The van der Waals surface area contributed by atoms with Crippen LogP contribution >= 0.6 is 12.4 Å². The molecule has 0 saturated carbocycles. The van der Waals surface area contributed by atoms with E-state index < -0.39 is 0 Å². The molecule has 1 rings (SSSR count). The van der Waals surface area contributed by atoms with E-state index in [0.29, 0.717) is 12.1 Å². The smallest absolute Gasteiger partial charge is 0.0216 e. The molecule has 0 amide bonds. The Morgan fingerprint density at radius 2 is 1.15 bits per heavy atom. The molecule has 80 valence electrons. The number of hydrogen-bond donors (Lipinski definition) is 2. The van der Waals surface area contributed by atoms with Crippen molar-refractivity contribution in [2.24, 2.45) is 11.8 Å². The number of nitrogens with one attached hydrogen (secondary N) is 2. The van der Waals surface area contributed by atoms with Crippen LogP contribution in [0.2, 0.25) is 0 Å². The van der Waals surface area contributed by atoms with Crippen LogP contribution in [0.3, 0.4) is 0 Å². The lowest BCUT2D eigenvalue weighted by Crippen LogP contribution is -2.57. The van der Waals surface area contributed by atoms with Crippen LogP contribution in [-0.2, 0) is 0 Å². The van der Waals surface area contributed by atoms with Gasteiger partial charge in [-0.3, -0.25) is 0 Å². The van der Waals surface area contributed by atoms with E-state index in [9.17, 15) is 0 Å². The van der Waals surface area contributed by atoms with Crippen LogP contribution in [0.4, 0.5) is 0 Å². The van der Waals surface area contributed by atoms with Crippen LogP contribution < -0.4 is 10.6 Å². The zero-order chi connectivity index (χ0) is 9.14. The van der Waals surface area contributed by atoms with Crippen LogP contribution in [0.5, 0.6) is 0 Å². The van der Waals surface area contributed by atoms with E-state index in [1.165, 1.54) is 0 Å². The zero-order valence-electron chi connectivity index (χ0n) is 9.13. The molecule has 3 heteroatoms. The molecule has 0 unspecified atom stereocenters. The van der Waals surface area contributed by atoms with Crippen LogP contribution in [0.1, 0.15) is 27.7 Å². The summed E-state index contributed by atoms with van der Waals surface area (Å²) < 4.78 is 0. The standard InChI is InChI=1S/C10H22N2.ClH/c1-7(2)9-5-12-10(6-11-9)8(3)4;/h7-12H,5-6H2,1-4H3;1H/t9-,10-;/m1./s1. The van der Waals surface area contributed by atoms with Gasteiger partial charge in [0.25, 0.3) is 0 Å². The Morgan fingerprint density at radius 3 is 1.31 bits per heavy atom. The number of hydrogen-bond acceptors (Lipinski definition) is 2. The molecule has 0 aromatic rings. The molecule has 1 saturated heterocycles. The van der Waals surface area contributed by atoms with Crippen molar-refractivity contribution in [2.75, 3.05) is 13.1 Å². The summed E-state index contributed by atoms with van der Waals surface area (Å²) in [5.74, 6) is 1.48. The number of piperazine rings is 1. The second-order valence-electron chi connectivity index (χ2n) is 4.52. The average Bonchev–Trinajstić information content (AvgIpc) is 2.04. The maximum absolute atomic E-state index is 3.59. The first-order chi connectivity index (χ1) is 5.61. The predicted molar refractivity (Wildman–Crippen MR) is 60.5 cm³/mol. The Morgan fingerprint density at radius 1 is 0.846 bits per heavy atom. The van der Waals surface area contributed by atoms with E-state index in [4.69, 9.17) is 0 Å². The fourth-order valence-corrected chi connectivity index (χ4v) is 1.64. The van der Waals surface area contributed by atoms with Gasteiger partial charge in [-0.2, -0.15) is 0 Å². The van der Waals surface area contributed by atoms with Gasteiger partial charge >= 0.3 is 0 Å². The van der Waals surface area contributed by atoms with Gasteiger partial charge in [0.1, 0.15) is 0 Å². The van der Waals surface area contributed by atoms with E-state index in [1.807, 2.05) is 0 Å². The third-order valence-electron chi connectivity index (χ3n) is 2.81. The van der Waals surface area contributed by atoms with Gasteiger partial charge < -0.3 is 10.6 Å². The Bertz CT molecular complexity index is 113. The highest BCUT2D eigenvalue weighted by molar-refractivity contribution is 5.85. The van der Waals surface area contributed by atoms with E-state index in [-0.39, 0.29) is 12.4 Å². The van der Waals surface area contributed by atoms with Crippen LogP contribution in [0.15, 0.2) is 0 Å². The molecule has 1 aliphatic rings. The van der Waals surface area contributed by atoms with Gasteiger partial charge in [-0.05, 0) is 11.8 Å². The largest absolute Gasteiger partial charge is 0.311 e. The van der Waals surface area contributed by atoms with Crippen molar-refractivity contribution in [3.63, 3.8) is 0 Å². The number of halogens is 1. The molecule has 0 aromatic heterocycles. The van der Waals surface area contributed by atoms with Crippen molar-refractivity contribution in [3.8, 4) is 0 Å². The minimum Gasteiger partial charge on any atom is -0.311 e. The Balaban J connectivity index is 0.00000144. The lowest BCUT2D eigenvalue weighted by Gasteiger charge is -2.35. The number of rotatable bonds is 2. The van der Waals surface area contributed by atoms with Crippen molar-refractivity contribution < 1.29 is 0 Å². The molecule has 0 aliphatic carbocycles. The second kappa shape index (κ2) is 5.84. The molecule has 0 spiro atoms. The van der Waals surface area contributed by atoms with Gasteiger partial charge in [0.15, 0.2) is 0 Å². The van der Waals surface area contributed by atoms with E-state index in [0.717, 1.165) is 24.9 Å².